The molecule has 1 rings (SSSR count). The SMILES string of the molecule is CCc1[nH]nc(C(=O)NCCCCCOC)c1S(=O)(=O)Cl. The summed E-state index contributed by atoms with van der Waals surface area (Å²) in [4.78, 5) is 11.8. The lowest BCUT2D eigenvalue weighted by atomic mass is 10.2. The minimum absolute atomic E-state index is 0.182. The molecule has 1 aromatic rings. The highest BCUT2D eigenvalue weighted by Gasteiger charge is 2.27. The van der Waals surface area contributed by atoms with Gasteiger partial charge >= 0.3 is 0 Å². The van der Waals surface area contributed by atoms with Crippen molar-refractivity contribution < 1.29 is 17.9 Å². The van der Waals surface area contributed by atoms with Gasteiger partial charge in [0.15, 0.2) is 5.69 Å². The first-order valence-electron chi connectivity index (χ1n) is 6.70. The van der Waals surface area contributed by atoms with Gasteiger partial charge in [0.25, 0.3) is 15.0 Å². The van der Waals surface area contributed by atoms with E-state index in [1.54, 1.807) is 14.0 Å². The predicted octanol–water partition coefficient (Wildman–Crippen LogP) is 1.45. The Morgan fingerprint density at radius 2 is 2.10 bits per heavy atom. The van der Waals surface area contributed by atoms with E-state index >= 15 is 0 Å². The number of halogens is 1. The second-order valence-corrected chi connectivity index (χ2v) is 6.98. The molecule has 9 heteroatoms. The van der Waals surface area contributed by atoms with Gasteiger partial charge in [-0.2, -0.15) is 5.10 Å². The van der Waals surface area contributed by atoms with Crippen LogP contribution in [0.5, 0.6) is 0 Å². The maximum absolute atomic E-state index is 12.0. The van der Waals surface area contributed by atoms with Crippen LogP contribution < -0.4 is 5.32 Å². The Bertz CT molecular complexity index is 571. The van der Waals surface area contributed by atoms with Crippen LogP contribution in [-0.4, -0.2) is 44.8 Å². The molecule has 1 amide bonds. The fraction of sp³-hybridized carbons (Fsp3) is 0.667. The van der Waals surface area contributed by atoms with E-state index in [0.29, 0.717) is 25.3 Å². The van der Waals surface area contributed by atoms with Crippen LogP contribution in [-0.2, 0) is 20.2 Å². The summed E-state index contributed by atoms with van der Waals surface area (Å²) in [6.45, 7) is 2.87. The molecular weight excluding hydrogens is 318 g/mol. The smallest absolute Gasteiger partial charge is 0.273 e. The topological polar surface area (TPSA) is 101 Å². The Balaban J connectivity index is 2.65. The number of hydrogen-bond donors (Lipinski definition) is 2. The lowest BCUT2D eigenvalue weighted by Crippen LogP contribution is -2.26. The summed E-state index contributed by atoms with van der Waals surface area (Å²) in [7, 11) is 2.99. The number of nitrogens with one attached hydrogen (secondary N) is 2. The molecule has 0 aromatic carbocycles. The van der Waals surface area contributed by atoms with E-state index in [-0.39, 0.29) is 10.6 Å². The molecule has 0 atom stereocenters. The average molecular weight is 338 g/mol. The first-order valence-corrected chi connectivity index (χ1v) is 9.01. The van der Waals surface area contributed by atoms with Crippen molar-refractivity contribution >= 4 is 25.6 Å². The van der Waals surface area contributed by atoms with Gasteiger partial charge < -0.3 is 10.1 Å². The molecule has 1 heterocycles. The molecule has 0 unspecified atom stereocenters. The molecule has 21 heavy (non-hydrogen) atoms. The monoisotopic (exact) mass is 337 g/mol. The number of unbranched alkanes of at least 4 members (excludes halogenated alkanes) is 2. The van der Waals surface area contributed by atoms with Crippen molar-refractivity contribution in [2.24, 2.45) is 0 Å². The van der Waals surface area contributed by atoms with Crippen molar-refractivity contribution in [3.8, 4) is 0 Å². The quantitative estimate of drug-likeness (QED) is 0.524. The number of hydrogen-bond acceptors (Lipinski definition) is 5. The summed E-state index contributed by atoms with van der Waals surface area (Å²) >= 11 is 0. The molecule has 0 saturated heterocycles. The summed E-state index contributed by atoms with van der Waals surface area (Å²) < 4.78 is 28.0. The number of rotatable bonds is 9. The van der Waals surface area contributed by atoms with Gasteiger partial charge in [0.1, 0.15) is 4.90 Å². The molecule has 0 aliphatic rings. The fourth-order valence-electron chi connectivity index (χ4n) is 1.86. The Morgan fingerprint density at radius 3 is 2.67 bits per heavy atom. The lowest BCUT2D eigenvalue weighted by molar-refractivity contribution is 0.0944. The van der Waals surface area contributed by atoms with Gasteiger partial charge in [-0.15, -0.1) is 0 Å². The van der Waals surface area contributed by atoms with Crippen molar-refractivity contribution in [2.75, 3.05) is 20.3 Å². The van der Waals surface area contributed by atoms with Crippen molar-refractivity contribution in [3.05, 3.63) is 11.4 Å². The van der Waals surface area contributed by atoms with Crippen LogP contribution in [0.2, 0.25) is 0 Å². The number of carbonyl (C=O) groups is 1. The fourth-order valence-corrected chi connectivity index (χ4v) is 3.21. The molecule has 0 aliphatic carbocycles. The molecule has 0 aliphatic heterocycles. The zero-order valence-electron chi connectivity index (χ0n) is 12.1. The minimum Gasteiger partial charge on any atom is -0.385 e. The average Bonchev–Trinajstić information content (AvgIpc) is 2.86. The van der Waals surface area contributed by atoms with E-state index in [4.69, 9.17) is 15.4 Å². The molecule has 120 valence electrons. The van der Waals surface area contributed by atoms with Gasteiger partial charge in [-0.05, 0) is 25.7 Å². The molecule has 1 aromatic heterocycles. The van der Waals surface area contributed by atoms with Crippen molar-refractivity contribution in [3.63, 3.8) is 0 Å². The predicted molar refractivity (Wildman–Crippen MR) is 79.1 cm³/mol. The summed E-state index contributed by atoms with van der Waals surface area (Å²) in [6.07, 6.45) is 2.99. The Morgan fingerprint density at radius 1 is 1.38 bits per heavy atom. The zero-order chi connectivity index (χ0) is 15.9. The first-order chi connectivity index (χ1) is 9.91. The first kappa shape index (κ1) is 17.9. The second-order valence-electron chi connectivity index (χ2n) is 4.48. The van der Waals surface area contributed by atoms with E-state index in [2.05, 4.69) is 15.5 Å². The van der Waals surface area contributed by atoms with Crippen molar-refractivity contribution in [1.29, 1.82) is 0 Å². The number of ether oxygens (including phenoxy) is 1. The van der Waals surface area contributed by atoms with Crippen LogP contribution >= 0.6 is 10.7 Å². The standard InChI is InChI=1S/C12H20ClN3O4S/c1-3-9-11(21(13,18)19)10(16-15-9)12(17)14-7-5-4-6-8-20-2/h3-8H2,1-2H3,(H,14,17)(H,15,16). The number of aryl methyl sites for hydroxylation is 1. The number of nitrogens with zero attached hydrogens (tertiary/aromatic N) is 1. The van der Waals surface area contributed by atoms with Crippen LogP contribution in [0.3, 0.4) is 0 Å². The van der Waals surface area contributed by atoms with Gasteiger partial charge in [-0.3, -0.25) is 9.89 Å². The summed E-state index contributed by atoms with van der Waals surface area (Å²) in [5.41, 5.74) is 0.147. The van der Waals surface area contributed by atoms with E-state index in [0.717, 1.165) is 19.3 Å². The lowest BCUT2D eigenvalue weighted by Gasteiger charge is -2.04. The summed E-state index contributed by atoms with van der Waals surface area (Å²) in [6, 6.07) is 0. The number of H-pyrrole nitrogens is 1. The van der Waals surface area contributed by atoms with Crippen LogP contribution in [0.25, 0.3) is 0 Å². The van der Waals surface area contributed by atoms with Crippen molar-refractivity contribution in [1.82, 2.24) is 15.5 Å². The highest BCUT2D eigenvalue weighted by Crippen LogP contribution is 2.22. The third kappa shape index (κ3) is 5.29. The molecule has 2 N–H and O–H groups in total. The molecular formula is C12H20ClN3O4S. The van der Waals surface area contributed by atoms with E-state index < -0.39 is 15.0 Å². The number of aromatic amines is 1. The third-order valence-electron chi connectivity index (χ3n) is 2.92. The summed E-state index contributed by atoms with van der Waals surface area (Å²) in [5, 5.41) is 8.94. The van der Waals surface area contributed by atoms with Gasteiger partial charge in [-0.1, -0.05) is 6.92 Å². The maximum Gasteiger partial charge on any atom is 0.273 e. The van der Waals surface area contributed by atoms with Crippen LogP contribution in [0.1, 0.15) is 42.4 Å². The van der Waals surface area contributed by atoms with Gasteiger partial charge in [-0.25, -0.2) is 8.42 Å². The normalized spacial score (nSPS) is 11.6. The minimum atomic E-state index is -4.02. The number of carbonyl (C=O) groups excluding carboxylic acids is 1. The molecule has 0 radical (unpaired) electrons. The van der Waals surface area contributed by atoms with Gasteiger partial charge in [0.05, 0.1) is 5.69 Å². The van der Waals surface area contributed by atoms with Crippen LogP contribution in [0.15, 0.2) is 4.90 Å². The van der Waals surface area contributed by atoms with Crippen LogP contribution in [0.4, 0.5) is 0 Å². The van der Waals surface area contributed by atoms with Gasteiger partial charge in [0.2, 0.25) is 0 Å². The number of amides is 1. The molecule has 0 fully saturated rings. The molecule has 7 nitrogen and oxygen atoms in total. The van der Waals surface area contributed by atoms with Gasteiger partial charge in [0, 0.05) is 30.9 Å². The molecule has 0 bridgehead atoms. The summed E-state index contributed by atoms with van der Waals surface area (Å²) in [5.74, 6) is -0.545. The Hall–Kier alpha value is -1.12. The zero-order valence-corrected chi connectivity index (χ0v) is 13.7. The largest absolute Gasteiger partial charge is 0.385 e. The number of aromatic nitrogens is 2. The van der Waals surface area contributed by atoms with Crippen LogP contribution in [0, 0.1) is 0 Å². The highest BCUT2D eigenvalue weighted by molar-refractivity contribution is 8.13. The Labute approximate surface area is 128 Å². The third-order valence-corrected chi connectivity index (χ3v) is 4.31. The maximum atomic E-state index is 12.0. The van der Waals surface area contributed by atoms with E-state index in [9.17, 15) is 13.2 Å². The van der Waals surface area contributed by atoms with E-state index in [1.165, 1.54) is 0 Å². The number of methoxy groups -OCH3 is 1. The Kier molecular flexibility index (Phi) is 7.13. The second kappa shape index (κ2) is 8.35. The highest BCUT2D eigenvalue weighted by atomic mass is 35.7. The molecule has 0 saturated carbocycles. The van der Waals surface area contributed by atoms with E-state index in [1.807, 2.05) is 0 Å². The molecule has 0 spiro atoms. The van der Waals surface area contributed by atoms with Crippen molar-refractivity contribution in [2.45, 2.75) is 37.5 Å².